The van der Waals surface area contributed by atoms with Gasteiger partial charge < -0.3 is 10.5 Å². The van der Waals surface area contributed by atoms with Gasteiger partial charge in [0.1, 0.15) is 5.78 Å². The Bertz CT molecular complexity index is 236. The van der Waals surface area contributed by atoms with Crippen molar-refractivity contribution in [1.29, 1.82) is 0 Å². The Hall–Kier alpha value is -0.410. The van der Waals surface area contributed by atoms with Crippen LogP contribution in [0.3, 0.4) is 0 Å². The number of ether oxygens (including phenoxy) is 1. The van der Waals surface area contributed by atoms with Crippen LogP contribution in [0.4, 0.5) is 0 Å². The molecule has 3 atom stereocenters. The Morgan fingerprint density at radius 3 is 2.81 bits per heavy atom. The first-order valence-corrected chi connectivity index (χ1v) is 6.65. The molecule has 2 N–H and O–H groups in total. The molecule has 1 heterocycles. The molecule has 3 nitrogen and oxygen atoms in total. The number of carbonyl (C=O) groups is 1. The first kappa shape index (κ1) is 12.1. The molecule has 0 aromatic carbocycles. The van der Waals surface area contributed by atoms with E-state index in [2.05, 4.69) is 0 Å². The van der Waals surface area contributed by atoms with E-state index < -0.39 is 0 Å². The highest BCUT2D eigenvalue weighted by Gasteiger charge is 2.27. The SMILES string of the molecule is NC1CCC(C(=O)CCCC2CCCO2)C1. The van der Waals surface area contributed by atoms with E-state index in [4.69, 9.17) is 10.5 Å². The van der Waals surface area contributed by atoms with Gasteiger partial charge in [0.2, 0.25) is 0 Å². The van der Waals surface area contributed by atoms with Gasteiger partial charge in [0, 0.05) is 25.0 Å². The molecule has 2 aliphatic rings. The Labute approximate surface area is 97.7 Å². The summed E-state index contributed by atoms with van der Waals surface area (Å²) in [4.78, 5) is 11.9. The molecule has 92 valence electrons. The minimum absolute atomic E-state index is 0.263. The summed E-state index contributed by atoms with van der Waals surface area (Å²) < 4.78 is 5.55. The third-order valence-electron chi connectivity index (χ3n) is 3.90. The van der Waals surface area contributed by atoms with E-state index in [1.165, 1.54) is 12.8 Å². The Balaban J connectivity index is 1.60. The highest BCUT2D eigenvalue weighted by atomic mass is 16.5. The standard InChI is InChI=1S/C13H23NO2/c14-11-7-6-10(9-11)13(15)5-1-3-12-4-2-8-16-12/h10-12H,1-9,14H2. The van der Waals surface area contributed by atoms with E-state index in [-0.39, 0.29) is 12.0 Å². The fraction of sp³-hybridized carbons (Fsp3) is 0.923. The zero-order chi connectivity index (χ0) is 11.4. The largest absolute Gasteiger partial charge is 0.378 e. The fourth-order valence-electron chi connectivity index (χ4n) is 2.89. The lowest BCUT2D eigenvalue weighted by Crippen LogP contribution is -2.18. The number of rotatable bonds is 5. The summed E-state index contributed by atoms with van der Waals surface area (Å²) in [5.41, 5.74) is 5.82. The molecule has 2 rings (SSSR count). The van der Waals surface area contributed by atoms with Crippen LogP contribution in [0.5, 0.6) is 0 Å². The summed E-state index contributed by atoms with van der Waals surface area (Å²) in [5.74, 6) is 0.699. The second-order valence-corrected chi connectivity index (χ2v) is 5.26. The predicted molar refractivity (Wildman–Crippen MR) is 63.1 cm³/mol. The van der Waals surface area contributed by atoms with Crippen LogP contribution >= 0.6 is 0 Å². The van der Waals surface area contributed by atoms with Crippen LogP contribution < -0.4 is 5.73 Å². The first-order chi connectivity index (χ1) is 7.75. The molecular weight excluding hydrogens is 202 g/mol. The van der Waals surface area contributed by atoms with Crippen molar-refractivity contribution in [3.8, 4) is 0 Å². The van der Waals surface area contributed by atoms with Gasteiger partial charge >= 0.3 is 0 Å². The molecule has 3 unspecified atom stereocenters. The van der Waals surface area contributed by atoms with Gasteiger partial charge in [-0.05, 0) is 44.9 Å². The van der Waals surface area contributed by atoms with E-state index in [0.29, 0.717) is 11.9 Å². The molecule has 0 bridgehead atoms. The summed E-state index contributed by atoms with van der Waals surface area (Å²) in [7, 11) is 0. The van der Waals surface area contributed by atoms with Crippen LogP contribution in [0.25, 0.3) is 0 Å². The van der Waals surface area contributed by atoms with Gasteiger partial charge in [-0.2, -0.15) is 0 Å². The van der Waals surface area contributed by atoms with Gasteiger partial charge in [0.25, 0.3) is 0 Å². The Kier molecular flexibility index (Phi) is 4.36. The Morgan fingerprint density at radius 2 is 2.19 bits per heavy atom. The van der Waals surface area contributed by atoms with Gasteiger partial charge in [-0.15, -0.1) is 0 Å². The topological polar surface area (TPSA) is 52.3 Å². The van der Waals surface area contributed by atoms with Crippen molar-refractivity contribution in [2.45, 2.75) is 63.5 Å². The Morgan fingerprint density at radius 1 is 1.31 bits per heavy atom. The molecule has 0 amide bonds. The highest BCUT2D eigenvalue weighted by molar-refractivity contribution is 5.81. The van der Waals surface area contributed by atoms with Crippen molar-refractivity contribution < 1.29 is 9.53 Å². The maximum absolute atomic E-state index is 11.9. The zero-order valence-electron chi connectivity index (χ0n) is 9.99. The third-order valence-corrected chi connectivity index (χ3v) is 3.90. The van der Waals surface area contributed by atoms with Gasteiger partial charge in [0.15, 0.2) is 0 Å². The van der Waals surface area contributed by atoms with Crippen molar-refractivity contribution in [3.63, 3.8) is 0 Å². The minimum Gasteiger partial charge on any atom is -0.378 e. The van der Waals surface area contributed by atoms with Crippen LogP contribution in [-0.4, -0.2) is 24.5 Å². The quantitative estimate of drug-likeness (QED) is 0.779. The molecule has 2 fully saturated rings. The summed E-state index contributed by atoms with van der Waals surface area (Å²) in [6.45, 7) is 0.913. The van der Waals surface area contributed by atoms with Crippen molar-refractivity contribution in [3.05, 3.63) is 0 Å². The van der Waals surface area contributed by atoms with Crippen molar-refractivity contribution >= 4 is 5.78 Å². The van der Waals surface area contributed by atoms with Gasteiger partial charge in [-0.25, -0.2) is 0 Å². The van der Waals surface area contributed by atoms with Crippen LogP contribution in [0, 0.1) is 5.92 Å². The average molecular weight is 225 g/mol. The van der Waals surface area contributed by atoms with E-state index in [1.54, 1.807) is 0 Å². The van der Waals surface area contributed by atoms with Crippen molar-refractivity contribution in [1.82, 2.24) is 0 Å². The summed E-state index contributed by atoms with van der Waals surface area (Å²) in [5, 5.41) is 0. The molecule has 0 aromatic rings. The van der Waals surface area contributed by atoms with Crippen LogP contribution in [-0.2, 0) is 9.53 Å². The number of hydrogen-bond donors (Lipinski definition) is 1. The molecule has 1 aliphatic carbocycles. The lowest BCUT2D eigenvalue weighted by molar-refractivity contribution is -0.122. The predicted octanol–water partition coefficient (Wildman–Crippen LogP) is 2.03. The van der Waals surface area contributed by atoms with Gasteiger partial charge in [-0.3, -0.25) is 4.79 Å². The second kappa shape index (κ2) is 5.78. The molecular formula is C13H23NO2. The van der Waals surface area contributed by atoms with Crippen molar-refractivity contribution in [2.24, 2.45) is 11.7 Å². The van der Waals surface area contributed by atoms with Gasteiger partial charge in [0.05, 0.1) is 6.10 Å². The average Bonchev–Trinajstić information content (AvgIpc) is 2.89. The monoisotopic (exact) mass is 225 g/mol. The lowest BCUT2D eigenvalue weighted by Gasteiger charge is -2.10. The number of Topliss-reactive ketones (excluding diaryl/α,β-unsaturated/α-hetero) is 1. The number of hydrogen-bond acceptors (Lipinski definition) is 3. The maximum Gasteiger partial charge on any atom is 0.136 e. The molecule has 0 spiro atoms. The normalized spacial score (nSPS) is 34.4. The van der Waals surface area contributed by atoms with Gasteiger partial charge in [-0.1, -0.05) is 0 Å². The van der Waals surface area contributed by atoms with Crippen molar-refractivity contribution in [2.75, 3.05) is 6.61 Å². The molecule has 0 radical (unpaired) electrons. The highest BCUT2D eigenvalue weighted by Crippen LogP contribution is 2.27. The third kappa shape index (κ3) is 3.29. The lowest BCUT2D eigenvalue weighted by atomic mass is 9.97. The van der Waals surface area contributed by atoms with E-state index in [1.807, 2.05) is 0 Å². The summed E-state index contributed by atoms with van der Waals surface area (Å²) >= 11 is 0. The number of nitrogens with two attached hydrogens (primary N) is 1. The molecule has 1 saturated heterocycles. The molecule has 1 saturated carbocycles. The fourth-order valence-corrected chi connectivity index (χ4v) is 2.89. The zero-order valence-corrected chi connectivity index (χ0v) is 9.99. The second-order valence-electron chi connectivity index (χ2n) is 5.26. The molecule has 16 heavy (non-hydrogen) atoms. The van der Waals surface area contributed by atoms with E-state index >= 15 is 0 Å². The first-order valence-electron chi connectivity index (χ1n) is 6.65. The van der Waals surface area contributed by atoms with Crippen LogP contribution in [0.1, 0.15) is 51.4 Å². The summed E-state index contributed by atoms with van der Waals surface area (Å²) in [6.07, 6.45) is 8.55. The van der Waals surface area contributed by atoms with E-state index in [9.17, 15) is 4.79 Å². The smallest absolute Gasteiger partial charge is 0.136 e. The minimum atomic E-state index is 0.263. The maximum atomic E-state index is 11.9. The number of carbonyl (C=O) groups excluding carboxylic acids is 1. The van der Waals surface area contributed by atoms with E-state index in [0.717, 1.165) is 45.1 Å². The summed E-state index contributed by atoms with van der Waals surface area (Å²) in [6, 6.07) is 0.270. The molecule has 0 aromatic heterocycles. The molecule has 3 heteroatoms. The van der Waals surface area contributed by atoms with Crippen LogP contribution in [0.2, 0.25) is 0 Å². The molecule has 1 aliphatic heterocycles. The number of ketones is 1. The van der Waals surface area contributed by atoms with Crippen LogP contribution in [0.15, 0.2) is 0 Å².